The van der Waals surface area contributed by atoms with E-state index in [1.54, 1.807) is 0 Å². The molecule has 1 N–H and O–H groups in total. The molecule has 0 radical (unpaired) electrons. The number of methoxy groups -OCH3 is 1. The number of ether oxygens (including phenoxy) is 2. The minimum atomic E-state index is 0.00493. The zero-order valence-electron chi connectivity index (χ0n) is 12.7. The van der Waals surface area contributed by atoms with Crippen molar-refractivity contribution in [1.82, 2.24) is 5.32 Å². The van der Waals surface area contributed by atoms with Crippen molar-refractivity contribution in [2.24, 2.45) is 0 Å². The first-order chi connectivity index (χ1) is 9.65. The first-order valence-electron chi connectivity index (χ1n) is 7.65. The molecular weight excluding hydrogens is 250 g/mol. The molecule has 1 fully saturated rings. The highest BCUT2D eigenvalue weighted by atomic mass is 16.5. The molecular formula is C17H25NO2. The molecule has 110 valence electrons. The third-order valence-corrected chi connectivity index (χ3v) is 4.97. The Morgan fingerprint density at radius 3 is 2.70 bits per heavy atom. The maximum Gasteiger partial charge on any atom is 0.124 e. The highest BCUT2D eigenvalue weighted by Gasteiger charge is 2.43. The van der Waals surface area contributed by atoms with Crippen LogP contribution in [0.4, 0.5) is 0 Å². The van der Waals surface area contributed by atoms with Crippen LogP contribution in [0.25, 0.3) is 0 Å². The van der Waals surface area contributed by atoms with Gasteiger partial charge in [0.1, 0.15) is 11.4 Å². The molecule has 1 aromatic rings. The molecule has 1 saturated carbocycles. The Bertz CT molecular complexity index is 478. The van der Waals surface area contributed by atoms with Crippen LogP contribution in [0.5, 0.6) is 5.75 Å². The molecule has 1 unspecified atom stereocenters. The third kappa shape index (κ3) is 2.45. The monoisotopic (exact) mass is 275 g/mol. The number of fused-ring (bicyclic) bond motifs is 1. The second kappa shape index (κ2) is 5.38. The molecule has 0 saturated heterocycles. The van der Waals surface area contributed by atoms with Crippen LogP contribution in [0.15, 0.2) is 18.2 Å². The summed E-state index contributed by atoms with van der Waals surface area (Å²) in [6.07, 6.45) is 5.88. The summed E-state index contributed by atoms with van der Waals surface area (Å²) in [5.74, 6) is 1.07. The van der Waals surface area contributed by atoms with E-state index in [1.807, 2.05) is 7.11 Å². The van der Waals surface area contributed by atoms with Crippen LogP contribution < -0.4 is 10.1 Å². The lowest BCUT2D eigenvalue weighted by atomic mass is 9.76. The molecule has 0 bridgehead atoms. The Morgan fingerprint density at radius 1 is 1.30 bits per heavy atom. The second-order valence-corrected chi connectivity index (χ2v) is 6.31. The molecule has 1 aliphatic carbocycles. The van der Waals surface area contributed by atoms with Crippen molar-refractivity contribution in [3.05, 3.63) is 29.3 Å². The van der Waals surface area contributed by atoms with E-state index < -0.39 is 0 Å². The number of aryl methyl sites for hydroxylation is 1. The molecule has 3 heteroatoms. The van der Waals surface area contributed by atoms with Crippen LogP contribution in [0, 0.1) is 6.92 Å². The topological polar surface area (TPSA) is 30.5 Å². The summed E-state index contributed by atoms with van der Waals surface area (Å²) in [5.41, 5.74) is 2.61. The molecule has 0 aromatic heterocycles. The van der Waals surface area contributed by atoms with Gasteiger partial charge in [0.25, 0.3) is 0 Å². The van der Waals surface area contributed by atoms with Crippen LogP contribution in [-0.2, 0) is 4.74 Å². The maximum atomic E-state index is 6.44. The summed E-state index contributed by atoms with van der Waals surface area (Å²) in [5, 5.41) is 3.47. The predicted octanol–water partition coefficient (Wildman–Crippen LogP) is 3.37. The first kappa shape index (κ1) is 13.9. The molecule has 20 heavy (non-hydrogen) atoms. The van der Waals surface area contributed by atoms with Gasteiger partial charge in [-0.25, -0.2) is 0 Å². The van der Waals surface area contributed by atoms with Gasteiger partial charge in [0.15, 0.2) is 0 Å². The Kier molecular flexibility index (Phi) is 3.74. The average Bonchev–Trinajstić information content (AvgIpc) is 2.48. The van der Waals surface area contributed by atoms with Gasteiger partial charge >= 0.3 is 0 Å². The van der Waals surface area contributed by atoms with E-state index in [2.05, 4.69) is 37.5 Å². The number of benzene rings is 1. The fraction of sp³-hybridized carbons (Fsp3) is 0.647. The standard InChI is InChI=1S/C17H25NO2/c1-12-4-5-16-14(10-12)15(18-2)11-17(20-16)8-6-13(19-3)7-9-17/h4-5,10,13,15,18H,6-9,11H2,1-3H3. The lowest BCUT2D eigenvalue weighted by Gasteiger charge is -2.46. The lowest BCUT2D eigenvalue weighted by Crippen LogP contribution is -2.47. The van der Waals surface area contributed by atoms with Crippen LogP contribution >= 0.6 is 0 Å². The van der Waals surface area contributed by atoms with Crippen molar-refractivity contribution in [1.29, 1.82) is 0 Å². The summed E-state index contributed by atoms with van der Waals surface area (Å²) < 4.78 is 11.9. The van der Waals surface area contributed by atoms with E-state index in [-0.39, 0.29) is 5.60 Å². The Balaban J connectivity index is 1.86. The quantitative estimate of drug-likeness (QED) is 0.897. The van der Waals surface area contributed by atoms with E-state index in [9.17, 15) is 0 Å². The zero-order valence-corrected chi connectivity index (χ0v) is 12.7. The highest BCUT2D eigenvalue weighted by Crippen LogP contribution is 2.46. The first-order valence-corrected chi connectivity index (χ1v) is 7.65. The maximum absolute atomic E-state index is 6.44. The van der Waals surface area contributed by atoms with Crippen molar-refractivity contribution >= 4 is 0 Å². The van der Waals surface area contributed by atoms with E-state index in [1.165, 1.54) is 11.1 Å². The molecule has 1 aliphatic heterocycles. The van der Waals surface area contributed by atoms with E-state index in [0.29, 0.717) is 12.1 Å². The molecule has 0 amide bonds. The van der Waals surface area contributed by atoms with Crippen molar-refractivity contribution in [2.45, 2.75) is 56.8 Å². The largest absolute Gasteiger partial charge is 0.487 e. The molecule has 1 aromatic carbocycles. The van der Waals surface area contributed by atoms with Crippen molar-refractivity contribution in [2.75, 3.05) is 14.2 Å². The van der Waals surface area contributed by atoms with Gasteiger partial charge in [0, 0.05) is 25.1 Å². The molecule has 3 rings (SSSR count). The summed E-state index contributed by atoms with van der Waals surface area (Å²) in [7, 11) is 3.87. The summed E-state index contributed by atoms with van der Waals surface area (Å²) in [6, 6.07) is 6.94. The Morgan fingerprint density at radius 2 is 2.05 bits per heavy atom. The Hall–Kier alpha value is -1.06. The van der Waals surface area contributed by atoms with E-state index >= 15 is 0 Å². The molecule has 1 atom stereocenters. The lowest BCUT2D eigenvalue weighted by molar-refractivity contribution is -0.0449. The predicted molar refractivity (Wildman–Crippen MR) is 80.2 cm³/mol. The smallest absolute Gasteiger partial charge is 0.124 e. The minimum Gasteiger partial charge on any atom is -0.487 e. The van der Waals surface area contributed by atoms with Gasteiger partial charge < -0.3 is 14.8 Å². The highest BCUT2D eigenvalue weighted by molar-refractivity contribution is 5.41. The average molecular weight is 275 g/mol. The summed E-state index contributed by atoms with van der Waals surface area (Å²) in [6.45, 7) is 2.14. The number of nitrogens with one attached hydrogen (secondary N) is 1. The minimum absolute atomic E-state index is 0.00493. The Labute approximate surface area is 121 Å². The number of hydrogen-bond donors (Lipinski definition) is 1. The number of hydrogen-bond acceptors (Lipinski definition) is 3. The van der Waals surface area contributed by atoms with Gasteiger partial charge in [-0.2, -0.15) is 0 Å². The van der Waals surface area contributed by atoms with Gasteiger partial charge in [-0.05, 0) is 45.7 Å². The summed E-state index contributed by atoms with van der Waals surface area (Å²) in [4.78, 5) is 0. The van der Waals surface area contributed by atoms with Crippen molar-refractivity contribution < 1.29 is 9.47 Å². The van der Waals surface area contributed by atoms with Crippen molar-refractivity contribution in [3.63, 3.8) is 0 Å². The van der Waals surface area contributed by atoms with Gasteiger partial charge in [0.2, 0.25) is 0 Å². The second-order valence-electron chi connectivity index (χ2n) is 6.31. The zero-order chi connectivity index (χ0) is 14.2. The third-order valence-electron chi connectivity index (χ3n) is 4.97. The van der Waals surface area contributed by atoms with Gasteiger partial charge in [-0.15, -0.1) is 0 Å². The van der Waals surface area contributed by atoms with Crippen LogP contribution in [0.3, 0.4) is 0 Å². The van der Waals surface area contributed by atoms with Crippen LogP contribution in [0.2, 0.25) is 0 Å². The summed E-state index contributed by atoms with van der Waals surface area (Å²) >= 11 is 0. The van der Waals surface area contributed by atoms with E-state index in [0.717, 1.165) is 37.9 Å². The molecule has 1 spiro atoms. The van der Waals surface area contributed by atoms with E-state index in [4.69, 9.17) is 9.47 Å². The molecule has 2 aliphatic rings. The fourth-order valence-electron chi connectivity index (χ4n) is 3.71. The number of rotatable bonds is 2. The van der Waals surface area contributed by atoms with Gasteiger partial charge in [-0.1, -0.05) is 17.7 Å². The SMILES string of the molecule is CNC1CC2(CCC(OC)CC2)Oc2ccc(C)cc21. The van der Waals surface area contributed by atoms with Gasteiger partial charge in [-0.3, -0.25) is 0 Å². The van der Waals surface area contributed by atoms with Gasteiger partial charge in [0.05, 0.1) is 6.10 Å². The van der Waals surface area contributed by atoms with Crippen molar-refractivity contribution in [3.8, 4) is 5.75 Å². The fourth-order valence-corrected chi connectivity index (χ4v) is 3.71. The molecule has 1 heterocycles. The normalized spacial score (nSPS) is 32.8. The molecule has 3 nitrogen and oxygen atoms in total. The van der Waals surface area contributed by atoms with Crippen LogP contribution in [0.1, 0.15) is 49.3 Å². The van der Waals surface area contributed by atoms with Crippen LogP contribution in [-0.4, -0.2) is 25.9 Å².